The second-order valence-electron chi connectivity index (χ2n) is 7.00. The highest BCUT2D eigenvalue weighted by molar-refractivity contribution is 7.10. The van der Waals surface area contributed by atoms with E-state index in [0.717, 1.165) is 49.5 Å². The number of anilines is 1. The number of unbranched alkanes of at least 4 members (excludes halogenated alkanes) is 1. The van der Waals surface area contributed by atoms with Gasteiger partial charge in [0.25, 0.3) is 0 Å². The first-order chi connectivity index (χ1) is 12.3. The first kappa shape index (κ1) is 16.7. The minimum Gasteiger partial charge on any atom is -0.494 e. The van der Waals surface area contributed by atoms with Crippen LogP contribution in [0, 0.1) is 0 Å². The van der Waals surface area contributed by atoms with Gasteiger partial charge in [0.05, 0.1) is 6.61 Å². The van der Waals surface area contributed by atoms with Crippen molar-refractivity contribution in [3.05, 3.63) is 57.9 Å². The van der Waals surface area contributed by atoms with E-state index in [0.29, 0.717) is 0 Å². The monoisotopic (exact) mass is 354 g/mol. The molecule has 0 bridgehead atoms. The Kier molecular flexibility index (Phi) is 5.09. The Morgan fingerprint density at radius 1 is 1.12 bits per heavy atom. The summed E-state index contributed by atoms with van der Waals surface area (Å²) in [6.07, 6.45) is 5.61. The Hall–Kier alpha value is -1.78. The van der Waals surface area contributed by atoms with E-state index in [4.69, 9.17) is 4.74 Å². The minimum absolute atomic E-state index is 0.789. The van der Waals surface area contributed by atoms with E-state index < -0.39 is 0 Å². The maximum absolute atomic E-state index is 5.95. The Morgan fingerprint density at radius 2 is 2.08 bits per heavy atom. The quantitative estimate of drug-likeness (QED) is 0.752. The summed E-state index contributed by atoms with van der Waals surface area (Å²) in [6.45, 7) is 8.32. The lowest BCUT2D eigenvalue weighted by Gasteiger charge is -2.26. The molecule has 0 spiro atoms. The number of nitrogens with one attached hydrogen (secondary N) is 1. The molecule has 0 saturated carbocycles. The third-order valence-corrected chi connectivity index (χ3v) is 6.14. The number of hydrogen-bond acceptors (Lipinski definition) is 4. The van der Waals surface area contributed by atoms with Crippen molar-refractivity contribution in [3.8, 4) is 5.75 Å². The maximum Gasteiger partial charge on any atom is 0.121 e. The third-order valence-electron chi connectivity index (χ3n) is 5.11. The van der Waals surface area contributed by atoms with E-state index >= 15 is 0 Å². The molecule has 1 N–H and O–H groups in total. The van der Waals surface area contributed by atoms with Crippen molar-refractivity contribution in [3.63, 3.8) is 0 Å². The Balaban J connectivity index is 1.19. The highest BCUT2D eigenvalue weighted by atomic mass is 32.1. The van der Waals surface area contributed by atoms with Gasteiger partial charge in [0.2, 0.25) is 0 Å². The fraction of sp³-hybridized carbons (Fsp3) is 0.429. The number of rotatable bonds is 6. The predicted octanol–water partition coefficient (Wildman–Crippen LogP) is 4.84. The van der Waals surface area contributed by atoms with Crippen molar-refractivity contribution in [1.29, 1.82) is 0 Å². The van der Waals surface area contributed by atoms with Gasteiger partial charge in [-0.15, -0.1) is 11.3 Å². The molecule has 4 heteroatoms. The number of ether oxygens (including phenoxy) is 1. The van der Waals surface area contributed by atoms with Gasteiger partial charge in [-0.1, -0.05) is 12.6 Å². The molecule has 1 aromatic heterocycles. The molecule has 132 valence electrons. The second-order valence-corrected chi connectivity index (χ2v) is 8.00. The van der Waals surface area contributed by atoms with E-state index in [2.05, 4.69) is 46.4 Å². The average Bonchev–Trinajstić information content (AvgIpc) is 3.09. The molecule has 0 aliphatic carbocycles. The Bertz CT molecular complexity index is 752. The molecule has 2 aliphatic heterocycles. The topological polar surface area (TPSA) is 24.5 Å². The zero-order valence-electron chi connectivity index (χ0n) is 14.7. The van der Waals surface area contributed by atoms with E-state index in [9.17, 15) is 0 Å². The van der Waals surface area contributed by atoms with Gasteiger partial charge in [0, 0.05) is 35.4 Å². The lowest BCUT2D eigenvalue weighted by molar-refractivity contribution is 0.236. The van der Waals surface area contributed by atoms with Crippen molar-refractivity contribution in [1.82, 2.24) is 4.90 Å². The summed E-state index contributed by atoms with van der Waals surface area (Å²) in [5.74, 6) is 0.960. The summed E-state index contributed by atoms with van der Waals surface area (Å²) in [7, 11) is 0. The maximum atomic E-state index is 5.95. The molecule has 2 aromatic rings. The summed E-state index contributed by atoms with van der Waals surface area (Å²) < 4.78 is 5.95. The van der Waals surface area contributed by atoms with E-state index in [1.807, 2.05) is 11.3 Å². The van der Waals surface area contributed by atoms with Crippen LogP contribution in [0.4, 0.5) is 5.69 Å². The lowest BCUT2D eigenvalue weighted by atomic mass is 10.0. The molecular weight excluding hydrogens is 328 g/mol. The number of hydrogen-bond donors (Lipinski definition) is 1. The number of nitrogens with zero attached hydrogens (tertiary/aromatic N) is 1. The predicted molar refractivity (Wildman–Crippen MR) is 106 cm³/mol. The van der Waals surface area contributed by atoms with Crippen LogP contribution in [0.1, 0.15) is 35.3 Å². The standard InChI is InChI=1S/C21H26N2OS/c1-16-4-5-17-6-7-19(14-20(17)22-16)24-12-3-2-10-23-11-8-21-18(15-23)9-13-25-21/h6-7,9,13-14,22H,1-5,8,10-12,15H2. The highest BCUT2D eigenvalue weighted by Crippen LogP contribution is 2.29. The number of thiophene rings is 1. The summed E-state index contributed by atoms with van der Waals surface area (Å²) in [5.41, 5.74) is 5.15. The molecule has 3 nitrogen and oxygen atoms in total. The molecule has 0 saturated heterocycles. The van der Waals surface area contributed by atoms with Crippen molar-refractivity contribution in [2.24, 2.45) is 0 Å². The van der Waals surface area contributed by atoms with Crippen LogP contribution in [-0.4, -0.2) is 24.6 Å². The van der Waals surface area contributed by atoms with Crippen LogP contribution >= 0.6 is 11.3 Å². The van der Waals surface area contributed by atoms with Crippen molar-refractivity contribution >= 4 is 17.0 Å². The molecule has 3 heterocycles. The van der Waals surface area contributed by atoms with Gasteiger partial charge in [0.1, 0.15) is 5.75 Å². The van der Waals surface area contributed by atoms with Crippen LogP contribution in [-0.2, 0) is 19.4 Å². The van der Waals surface area contributed by atoms with Gasteiger partial charge in [-0.3, -0.25) is 4.90 Å². The van der Waals surface area contributed by atoms with Crippen LogP contribution in [0.2, 0.25) is 0 Å². The summed E-state index contributed by atoms with van der Waals surface area (Å²) in [4.78, 5) is 4.16. The first-order valence-corrected chi connectivity index (χ1v) is 10.1. The summed E-state index contributed by atoms with van der Waals surface area (Å²) in [6, 6.07) is 8.67. The van der Waals surface area contributed by atoms with E-state index in [1.165, 1.54) is 37.1 Å². The lowest BCUT2D eigenvalue weighted by Crippen LogP contribution is -2.30. The molecule has 0 amide bonds. The van der Waals surface area contributed by atoms with Crippen LogP contribution in [0.3, 0.4) is 0 Å². The molecule has 2 aliphatic rings. The average molecular weight is 355 g/mol. The van der Waals surface area contributed by atoms with Gasteiger partial charge in [-0.05, 0) is 67.3 Å². The molecule has 0 unspecified atom stereocenters. The fourth-order valence-electron chi connectivity index (χ4n) is 3.64. The number of fused-ring (bicyclic) bond motifs is 2. The molecule has 25 heavy (non-hydrogen) atoms. The van der Waals surface area contributed by atoms with Crippen LogP contribution in [0.15, 0.2) is 41.9 Å². The Labute approximate surface area is 154 Å². The molecule has 0 fully saturated rings. The normalized spacial score (nSPS) is 16.9. The smallest absolute Gasteiger partial charge is 0.121 e. The van der Waals surface area contributed by atoms with Crippen LogP contribution in [0.25, 0.3) is 0 Å². The zero-order chi connectivity index (χ0) is 17.1. The molecule has 0 radical (unpaired) electrons. The number of benzene rings is 1. The second kappa shape index (κ2) is 7.63. The molecule has 0 atom stereocenters. The molecule has 1 aromatic carbocycles. The van der Waals surface area contributed by atoms with E-state index in [1.54, 1.807) is 4.88 Å². The highest BCUT2D eigenvalue weighted by Gasteiger charge is 2.16. The zero-order valence-corrected chi connectivity index (χ0v) is 15.5. The van der Waals surface area contributed by atoms with Crippen molar-refractivity contribution < 1.29 is 4.74 Å². The molecular formula is C21H26N2OS. The van der Waals surface area contributed by atoms with Gasteiger partial charge in [-0.2, -0.15) is 0 Å². The Morgan fingerprint density at radius 3 is 3.04 bits per heavy atom. The minimum atomic E-state index is 0.789. The van der Waals surface area contributed by atoms with E-state index in [-0.39, 0.29) is 0 Å². The van der Waals surface area contributed by atoms with Gasteiger partial charge in [0.15, 0.2) is 0 Å². The first-order valence-electron chi connectivity index (χ1n) is 9.26. The third kappa shape index (κ3) is 4.07. The van der Waals surface area contributed by atoms with Crippen molar-refractivity contribution in [2.45, 2.75) is 38.6 Å². The number of aryl methyl sites for hydroxylation is 1. The number of allylic oxidation sites excluding steroid dienone is 1. The van der Waals surface area contributed by atoms with Crippen LogP contribution < -0.4 is 10.1 Å². The van der Waals surface area contributed by atoms with Gasteiger partial charge >= 0.3 is 0 Å². The summed E-state index contributed by atoms with van der Waals surface area (Å²) in [5, 5.41) is 5.60. The fourth-order valence-corrected chi connectivity index (χ4v) is 4.53. The van der Waals surface area contributed by atoms with Crippen LogP contribution in [0.5, 0.6) is 5.75 Å². The summed E-state index contributed by atoms with van der Waals surface area (Å²) >= 11 is 1.91. The molecule has 4 rings (SSSR count). The SMILES string of the molecule is C=C1CCc2ccc(OCCCCN3CCc4sccc4C3)cc2N1. The van der Waals surface area contributed by atoms with Crippen molar-refractivity contribution in [2.75, 3.05) is 25.0 Å². The largest absolute Gasteiger partial charge is 0.494 e. The van der Waals surface area contributed by atoms with Gasteiger partial charge in [-0.25, -0.2) is 0 Å². The van der Waals surface area contributed by atoms with Gasteiger partial charge < -0.3 is 10.1 Å².